The molecule has 4 nitrogen and oxygen atoms in total. The van der Waals surface area contributed by atoms with E-state index in [1.165, 1.54) is 0 Å². The third-order valence-electron chi connectivity index (χ3n) is 2.59. The summed E-state index contributed by atoms with van der Waals surface area (Å²) in [5.41, 5.74) is 1.13. The van der Waals surface area contributed by atoms with Crippen LogP contribution < -0.4 is 4.74 Å². The van der Waals surface area contributed by atoms with Gasteiger partial charge in [-0.1, -0.05) is 18.2 Å². The fourth-order valence-corrected chi connectivity index (χ4v) is 1.67. The van der Waals surface area contributed by atoms with Crippen LogP contribution in [0.4, 0.5) is 0 Å². The summed E-state index contributed by atoms with van der Waals surface area (Å²) in [7, 11) is 0. The van der Waals surface area contributed by atoms with Crippen LogP contribution in [0.2, 0.25) is 0 Å². The molecule has 0 atom stereocenters. The first-order valence-electron chi connectivity index (χ1n) is 5.75. The van der Waals surface area contributed by atoms with Crippen LogP contribution in [0.5, 0.6) is 5.75 Å². The van der Waals surface area contributed by atoms with Crippen molar-refractivity contribution >= 4 is 0 Å². The first-order valence-corrected chi connectivity index (χ1v) is 5.75. The van der Waals surface area contributed by atoms with Gasteiger partial charge in [-0.25, -0.2) is 9.67 Å². The van der Waals surface area contributed by atoms with E-state index in [0.717, 1.165) is 17.1 Å². The van der Waals surface area contributed by atoms with Crippen molar-refractivity contribution in [3.8, 4) is 5.75 Å². The first kappa shape index (κ1) is 11.6. The van der Waals surface area contributed by atoms with Crippen molar-refractivity contribution in [3.63, 3.8) is 0 Å². The Labute approximate surface area is 101 Å². The average Bonchev–Trinajstić information content (AvgIpc) is 2.76. The number of aryl methyl sites for hydroxylation is 1. The van der Waals surface area contributed by atoms with Gasteiger partial charge in [0.25, 0.3) is 0 Å². The number of para-hydroxylation sites is 1. The zero-order valence-electron chi connectivity index (χ0n) is 10.4. The molecule has 90 valence electrons. The quantitative estimate of drug-likeness (QED) is 0.812. The maximum Gasteiger partial charge on any atom is 0.165 e. The van der Waals surface area contributed by atoms with Gasteiger partial charge in [-0.3, -0.25) is 0 Å². The molecule has 2 rings (SSSR count). The summed E-state index contributed by atoms with van der Waals surface area (Å²) in [5, 5.41) is 4.18. The molecule has 1 aromatic carbocycles. The molecule has 1 heterocycles. The highest BCUT2D eigenvalue weighted by Gasteiger charge is 2.08. The monoisotopic (exact) mass is 231 g/mol. The molecule has 0 saturated heterocycles. The third kappa shape index (κ3) is 2.64. The lowest BCUT2D eigenvalue weighted by molar-refractivity contribution is 0.280. The molecule has 2 aromatic rings. The fraction of sp³-hybridized carbons (Fsp3) is 0.385. The molecule has 0 saturated carbocycles. The number of benzene rings is 1. The molecule has 0 aliphatic rings. The van der Waals surface area contributed by atoms with E-state index in [2.05, 4.69) is 23.9 Å². The van der Waals surface area contributed by atoms with Crippen LogP contribution in [0.1, 0.15) is 31.3 Å². The van der Waals surface area contributed by atoms with Gasteiger partial charge >= 0.3 is 0 Å². The van der Waals surface area contributed by atoms with Crippen molar-refractivity contribution in [2.75, 3.05) is 0 Å². The van der Waals surface area contributed by atoms with E-state index in [-0.39, 0.29) is 0 Å². The van der Waals surface area contributed by atoms with Crippen LogP contribution in [-0.4, -0.2) is 14.8 Å². The lowest BCUT2D eigenvalue weighted by Gasteiger charge is -2.11. The molecule has 0 amide bonds. The van der Waals surface area contributed by atoms with Crippen molar-refractivity contribution in [2.24, 2.45) is 0 Å². The topological polar surface area (TPSA) is 39.9 Å². The van der Waals surface area contributed by atoms with Gasteiger partial charge in [0.2, 0.25) is 0 Å². The largest absolute Gasteiger partial charge is 0.485 e. The highest BCUT2D eigenvalue weighted by molar-refractivity contribution is 5.31. The van der Waals surface area contributed by atoms with Crippen LogP contribution in [0.3, 0.4) is 0 Å². The first-order chi connectivity index (χ1) is 8.18. The molecule has 1 aromatic heterocycles. The summed E-state index contributed by atoms with van der Waals surface area (Å²) < 4.78 is 7.62. The Morgan fingerprint density at radius 3 is 2.76 bits per heavy atom. The Balaban J connectivity index is 2.08. The minimum absolute atomic E-state index is 0.299. The second kappa shape index (κ2) is 4.99. The van der Waals surface area contributed by atoms with Gasteiger partial charge in [-0.15, -0.1) is 0 Å². The number of rotatable bonds is 4. The van der Waals surface area contributed by atoms with Crippen LogP contribution in [0, 0.1) is 6.92 Å². The maximum absolute atomic E-state index is 5.75. The maximum atomic E-state index is 5.75. The molecule has 17 heavy (non-hydrogen) atoms. The molecule has 0 N–H and O–H groups in total. The van der Waals surface area contributed by atoms with Gasteiger partial charge < -0.3 is 4.74 Å². The van der Waals surface area contributed by atoms with Crippen molar-refractivity contribution in [3.05, 3.63) is 42.0 Å². The minimum atomic E-state index is 0.299. The van der Waals surface area contributed by atoms with Gasteiger partial charge in [0.05, 0.1) is 0 Å². The fourth-order valence-electron chi connectivity index (χ4n) is 1.67. The molecule has 0 spiro atoms. The van der Waals surface area contributed by atoms with E-state index >= 15 is 0 Å². The van der Waals surface area contributed by atoms with E-state index < -0.39 is 0 Å². The van der Waals surface area contributed by atoms with Crippen LogP contribution in [-0.2, 0) is 6.61 Å². The van der Waals surface area contributed by atoms with Gasteiger partial charge in [0.15, 0.2) is 5.82 Å². The van der Waals surface area contributed by atoms with E-state index in [1.54, 1.807) is 6.33 Å². The van der Waals surface area contributed by atoms with Gasteiger partial charge in [0, 0.05) is 6.04 Å². The number of aromatic nitrogens is 3. The van der Waals surface area contributed by atoms with Gasteiger partial charge in [-0.05, 0) is 32.4 Å². The number of hydrogen-bond acceptors (Lipinski definition) is 3. The lowest BCUT2D eigenvalue weighted by atomic mass is 10.2. The molecular weight excluding hydrogens is 214 g/mol. The summed E-state index contributed by atoms with van der Waals surface area (Å²) in [5.74, 6) is 1.74. The Morgan fingerprint density at radius 2 is 2.06 bits per heavy atom. The zero-order valence-corrected chi connectivity index (χ0v) is 10.4. The van der Waals surface area contributed by atoms with Crippen LogP contribution in [0.25, 0.3) is 0 Å². The molecule has 0 bridgehead atoms. The van der Waals surface area contributed by atoms with Gasteiger partial charge in [0.1, 0.15) is 18.7 Å². The average molecular weight is 231 g/mol. The van der Waals surface area contributed by atoms with Crippen molar-refractivity contribution < 1.29 is 4.74 Å². The summed E-state index contributed by atoms with van der Waals surface area (Å²) in [6, 6.07) is 8.26. The Hall–Kier alpha value is -1.84. The highest BCUT2D eigenvalue weighted by atomic mass is 16.5. The Bertz CT molecular complexity index is 491. The summed E-state index contributed by atoms with van der Waals surface area (Å²) in [4.78, 5) is 4.21. The standard InChI is InChI=1S/C13H17N3O/c1-10(2)16-13(14-9-15-16)8-17-12-7-5-4-6-11(12)3/h4-7,9-10H,8H2,1-3H3. The lowest BCUT2D eigenvalue weighted by Crippen LogP contribution is -2.10. The third-order valence-corrected chi connectivity index (χ3v) is 2.59. The zero-order chi connectivity index (χ0) is 12.3. The molecule has 0 unspecified atom stereocenters. The predicted molar refractivity (Wildman–Crippen MR) is 65.9 cm³/mol. The Kier molecular flexibility index (Phi) is 3.42. The number of nitrogens with zero attached hydrogens (tertiary/aromatic N) is 3. The second-order valence-corrected chi connectivity index (χ2v) is 4.27. The van der Waals surface area contributed by atoms with Gasteiger partial charge in [-0.2, -0.15) is 5.10 Å². The molecule has 0 radical (unpaired) electrons. The van der Waals surface area contributed by atoms with E-state index in [9.17, 15) is 0 Å². The molecule has 4 heteroatoms. The summed E-state index contributed by atoms with van der Waals surface area (Å²) in [6.07, 6.45) is 1.57. The number of ether oxygens (including phenoxy) is 1. The normalized spacial score (nSPS) is 10.8. The summed E-state index contributed by atoms with van der Waals surface area (Å²) >= 11 is 0. The second-order valence-electron chi connectivity index (χ2n) is 4.27. The smallest absolute Gasteiger partial charge is 0.165 e. The predicted octanol–water partition coefficient (Wildman–Crippen LogP) is 2.75. The number of hydrogen-bond donors (Lipinski definition) is 0. The van der Waals surface area contributed by atoms with Crippen LogP contribution in [0.15, 0.2) is 30.6 Å². The molecule has 0 aliphatic heterocycles. The van der Waals surface area contributed by atoms with E-state index in [4.69, 9.17) is 4.74 Å². The van der Waals surface area contributed by atoms with E-state index in [1.807, 2.05) is 35.9 Å². The molecular formula is C13H17N3O. The van der Waals surface area contributed by atoms with E-state index in [0.29, 0.717) is 12.6 Å². The van der Waals surface area contributed by atoms with Crippen molar-refractivity contribution in [1.29, 1.82) is 0 Å². The van der Waals surface area contributed by atoms with Crippen molar-refractivity contribution in [2.45, 2.75) is 33.4 Å². The van der Waals surface area contributed by atoms with Crippen molar-refractivity contribution in [1.82, 2.24) is 14.8 Å². The molecule has 0 aliphatic carbocycles. The highest BCUT2D eigenvalue weighted by Crippen LogP contribution is 2.17. The van der Waals surface area contributed by atoms with Crippen LogP contribution >= 0.6 is 0 Å². The summed E-state index contributed by atoms with van der Waals surface area (Å²) in [6.45, 7) is 6.63. The molecule has 0 fully saturated rings. The Morgan fingerprint density at radius 1 is 1.29 bits per heavy atom. The SMILES string of the molecule is Cc1ccccc1OCc1ncnn1C(C)C. The minimum Gasteiger partial charge on any atom is -0.485 e.